The Morgan fingerprint density at radius 2 is 1.93 bits per heavy atom. The molecule has 0 aliphatic rings. The second-order valence-corrected chi connectivity index (χ2v) is 3.71. The van der Waals surface area contributed by atoms with Gasteiger partial charge in [0.25, 0.3) is 0 Å². The molecule has 0 heterocycles. The van der Waals surface area contributed by atoms with Crippen molar-refractivity contribution in [3.63, 3.8) is 0 Å². The number of hydrogen-bond acceptors (Lipinski definition) is 2. The summed E-state index contributed by atoms with van der Waals surface area (Å²) < 4.78 is 0. The highest BCUT2D eigenvalue weighted by Gasteiger charge is 2.02. The Kier molecular flexibility index (Phi) is 4.00. The lowest BCUT2D eigenvalue weighted by Gasteiger charge is -2.02. The van der Waals surface area contributed by atoms with Gasteiger partial charge in [0.1, 0.15) is 0 Å². The molecule has 0 aliphatic carbocycles. The van der Waals surface area contributed by atoms with E-state index in [0.717, 1.165) is 5.56 Å². The summed E-state index contributed by atoms with van der Waals surface area (Å²) in [5.74, 6) is -0.890. The zero-order chi connectivity index (χ0) is 11.4. The molecule has 80 valence electrons. The van der Waals surface area contributed by atoms with Gasteiger partial charge in [0.05, 0.1) is 22.2 Å². The molecule has 0 spiro atoms. The van der Waals surface area contributed by atoms with E-state index in [0.29, 0.717) is 15.7 Å². The van der Waals surface area contributed by atoms with Crippen LogP contribution in [-0.4, -0.2) is 11.1 Å². The number of carbonyl (C=O) groups is 1. The van der Waals surface area contributed by atoms with E-state index in [-0.39, 0.29) is 6.42 Å². The summed E-state index contributed by atoms with van der Waals surface area (Å²) in [6.07, 6.45) is 3.10. The third-order valence-electron chi connectivity index (χ3n) is 1.70. The van der Waals surface area contributed by atoms with Crippen molar-refractivity contribution in [1.82, 2.24) is 0 Å². The fraction of sp³-hybridized carbons (Fsp3) is 0.100. The number of rotatable bonds is 3. The number of carboxylic acids is 1. The van der Waals surface area contributed by atoms with Crippen LogP contribution in [0.15, 0.2) is 18.2 Å². The van der Waals surface area contributed by atoms with Gasteiger partial charge in [-0.25, -0.2) is 0 Å². The quantitative estimate of drug-likeness (QED) is 0.805. The van der Waals surface area contributed by atoms with Crippen molar-refractivity contribution >= 4 is 40.9 Å². The normalized spacial score (nSPS) is 10.8. The minimum atomic E-state index is -0.890. The molecule has 0 saturated heterocycles. The Morgan fingerprint density at radius 3 is 2.40 bits per heavy atom. The largest absolute Gasteiger partial charge is 0.481 e. The maximum atomic E-state index is 10.3. The molecule has 0 aliphatic heterocycles. The average molecular weight is 246 g/mol. The lowest BCUT2D eigenvalue weighted by Crippen LogP contribution is -1.90. The molecule has 3 nitrogen and oxygen atoms in total. The van der Waals surface area contributed by atoms with Crippen LogP contribution in [0.5, 0.6) is 0 Å². The van der Waals surface area contributed by atoms with Gasteiger partial charge in [0.2, 0.25) is 0 Å². The molecule has 0 saturated carbocycles. The predicted molar refractivity (Wildman–Crippen MR) is 62.2 cm³/mol. The number of nitrogens with two attached hydrogens (primary N) is 1. The number of hydrogen-bond donors (Lipinski definition) is 2. The summed E-state index contributed by atoms with van der Waals surface area (Å²) in [5, 5.41) is 9.14. The van der Waals surface area contributed by atoms with Gasteiger partial charge in [0, 0.05) is 0 Å². The first-order valence-corrected chi connectivity index (χ1v) is 4.89. The van der Waals surface area contributed by atoms with Gasteiger partial charge in [-0.2, -0.15) is 0 Å². The smallest absolute Gasteiger partial charge is 0.307 e. The molecule has 15 heavy (non-hydrogen) atoms. The fourth-order valence-electron chi connectivity index (χ4n) is 0.996. The Bertz CT molecular complexity index is 393. The van der Waals surface area contributed by atoms with Gasteiger partial charge in [-0.15, -0.1) is 0 Å². The minimum Gasteiger partial charge on any atom is -0.481 e. The predicted octanol–water partition coefficient (Wildman–Crippen LogP) is 3.06. The summed E-state index contributed by atoms with van der Waals surface area (Å²) in [6, 6.07) is 3.25. The molecular formula is C10H9Cl2NO2. The van der Waals surface area contributed by atoms with Crippen LogP contribution < -0.4 is 5.73 Å². The highest BCUT2D eigenvalue weighted by Crippen LogP contribution is 2.29. The summed E-state index contributed by atoms with van der Waals surface area (Å²) in [5.41, 5.74) is 6.60. The molecule has 0 amide bonds. The number of benzene rings is 1. The van der Waals surface area contributed by atoms with Crippen LogP contribution in [0.3, 0.4) is 0 Å². The van der Waals surface area contributed by atoms with Gasteiger partial charge < -0.3 is 10.8 Å². The molecule has 1 aromatic carbocycles. The van der Waals surface area contributed by atoms with Crippen LogP contribution in [0, 0.1) is 0 Å². The second kappa shape index (κ2) is 5.05. The van der Waals surface area contributed by atoms with Gasteiger partial charge in [-0.1, -0.05) is 35.4 Å². The molecule has 0 atom stereocenters. The summed E-state index contributed by atoms with van der Waals surface area (Å²) in [4.78, 5) is 10.3. The summed E-state index contributed by atoms with van der Waals surface area (Å²) >= 11 is 11.6. The third-order valence-corrected chi connectivity index (χ3v) is 2.33. The van der Waals surface area contributed by atoms with Crippen molar-refractivity contribution < 1.29 is 9.90 Å². The molecule has 0 unspecified atom stereocenters. The Morgan fingerprint density at radius 1 is 1.40 bits per heavy atom. The van der Waals surface area contributed by atoms with Crippen LogP contribution >= 0.6 is 23.2 Å². The fourth-order valence-corrected chi connectivity index (χ4v) is 1.50. The highest BCUT2D eigenvalue weighted by atomic mass is 35.5. The van der Waals surface area contributed by atoms with Gasteiger partial charge in [-0.05, 0) is 17.7 Å². The Labute approximate surface area is 97.1 Å². The molecule has 0 radical (unpaired) electrons. The zero-order valence-corrected chi connectivity index (χ0v) is 9.22. The topological polar surface area (TPSA) is 63.3 Å². The van der Waals surface area contributed by atoms with Crippen molar-refractivity contribution in [3.05, 3.63) is 33.8 Å². The Hall–Kier alpha value is -1.19. The van der Waals surface area contributed by atoms with Crippen molar-refractivity contribution in [3.8, 4) is 0 Å². The van der Waals surface area contributed by atoms with Crippen molar-refractivity contribution in [2.24, 2.45) is 0 Å². The highest BCUT2D eigenvalue weighted by molar-refractivity contribution is 6.39. The molecule has 0 fully saturated rings. The maximum Gasteiger partial charge on any atom is 0.307 e. The molecule has 3 N–H and O–H groups in total. The molecule has 1 aromatic rings. The minimum absolute atomic E-state index is 0.0420. The first-order valence-electron chi connectivity index (χ1n) is 4.13. The van der Waals surface area contributed by atoms with E-state index in [2.05, 4.69) is 0 Å². The first kappa shape index (κ1) is 11.9. The maximum absolute atomic E-state index is 10.3. The number of nitrogen functional groups attached to an aromatic ring is 1. The van der Waals surface area contributed by atoms with E-state index in [1.54, 1.807) is 18.2 Å². The lowest BCUT2D eigenvalue weighted by molar-refractivity contribution is -0.135. The van der Waals surface area contributed by atoms with Crippen LogP contribution in [0.4, 0.5) is 5.69 Å². The standard InChI is InChI=1S/C10H9Cl2NO2/c11-7-4-6(2-1-3-9(14)15)5-8(12)10(7)13/h1-2,4-5H,3,13H2,(H,14,15). The van der Waals surface area contributed by atoms with E-state index in [4.69, 9.17) is 34.0 Å². The molecule has 0 aromatic heterocycles. The molecule has 0 bridgehead atoms. The van der Waals surface area contributed by atoms with Gasteiger partial charge in [0.15, 0.2) is 0 Å². The summed E-state index contributed by atoms with van der Waals surface area (Å²) in [7, 11) is 0. The van der Waals surface area contributed by atoms with E-state index in [9.17, 15) is 4.79 Å². The second-order valence-electron chi connectivity index (χ2n) is 2.90. The van der Waals surface area contributed by atoms with E-state index >= 15 is 0 Å². The van der Waals surface area contributed by atoms with Crippen LogP contribution in [0.2, 0.25) is 10.0 Å². The van der Waals surface area contributed by atoms with Gasteiger partial charge >= 0.3 is 5.97 Å². The van der Waals surface area contributed by atoms with Crippen molar-refractivity contribution in [2.45, 2.75) is 6.42 Å². The molecule has 1 rings (SSSR count). The van der Waals surface area contributed by atoms with E-state index in [1.165, 1.54) is 6.08 Å². The molecule has 5 heteroatoms. The average Bonchev–Trinajstić information content (AvgIpc) is 2.13. The van der Waals surface area contributed by atoms with E-state index < -0.39 is 5.97 Å². The lowest BCUT2D eigenvalue weighted by atomic mass is 10.2. The number of carboxylic acid groups (broad SMARTS) is 1. The SMILES string of the molecule is Nc1c(Cl)cc(C=CCC(=O)O)cc1Cl. The van der Waals surface area contributed by atoms with Crippen LogP contribution in [0.1, 0.15) is 12.0 Å². The number of aliphatic carboxylic acids is 1. The Balaban J connectivity index is 2.87. The molecular weight excluding hydrogens is 237 g/mol. The van der Waals surface area contributed by atoms with Crippen molar-refractivity contribution in [2.75, 3.05) is 5.73 Å². The van der Waals surface area contributed by atoms with Crippen LogP contribution in [0.25, 0.3) is 6.08 Å². The zero-order valence-electron chi connectivity index (χ0n) is 7.71. The monoisotopic (exact) mass is 245 g/mol. The van der Waals surface area contributed by atoms with E-state index in [1.807, 2.05) is 0 Å². The third kappa shape index (κ3) is 3.46. The summed E-state index contributed by atoms with van der Waals surface area (Å²) in [6.45, 7) is 0. The van der Waals surface area contributed by atoms with Gasteiger partial charge in [-0.3, -0.25) is 4.79 Å². The van der Waals surface area contributed by atoms with Crippen molar-refractivity contribution in [1.29, 1.82) is 0 Å². The number of halogens is 2. The first-order chi connectivity index (χ1) is 7.00. The number of anilines is 1. The van der Waals surface area contributed by atoms with Crippen LogP contribution in [-0.2, 0) is 4.79 Å².